The quantitative estimate of drug-likeness (QED) is 0.667. The predicted octanol–water partition coefficient (Wildman–Crippen LogP) is 3.06. The van der Waals surface area contributed by atoms with Crippen molar-refractivity contribution in [2.24, 2.45) is 5.84 Å². The maximum atomic E-state index is 12.3. The Bertz CT molecular complexity index is 590. The number of pyridine rings is 1. The van der Waals surface area contributed by atoms with Crippen molar-refractivity contribution in [3.8, 4) is 17.2 Å². The minimum atomic E-state index is -4.79. The van der Waals surface area contributed by atoms with Crippen LogP contribution in [-0.2, 0) is 0 Å². The SMILES string of the molecule is NNc1cc(Oc2ccccc2OC(F)(F)F)ccn1. The van der Waals surface area contributed by atoms with Gasteiger partial charge in [-0.2, -0.15) is 0 Å². The van der Waals surface area contributed by atoms with Crippen LogP contribution in [0.25, 0.3) is 0 Å². The number of ether oxygens (including phenoxy) is 2. The van der Waals surface area contributed by atoms with Gasteiger partial charge in [0.15, 0.2) is 11.5 Å². The van der Waals surface area contributed by atoms with E-state index in [9.17, 15) is 13.2 Å². The fourth-order valence-corrected chi connectivity index (χ4v) is 1.42. The molecule has 8 heteroatoms. The number of aromatic nitrogens is 1. The van der Waals surface area contributed by atoms with E-state index in [1.54, 1.807) is 0 Å². The van der Waals surface area contributed by atoms with Crippen LogP contribution in [0.15, 0.2) is 42.6 Å². The monoisotopic (exact) mass is 285 g/mol. The van der Waals surface area contributed by atoms with Crippen LogP contribution < -0.4 is 20.7 Å². The number of nitrogens with one attached hydrogen (secondary N) is 1. The minimum absolute atomic E-state index is 0.0704. The van der Waals surface area contributed by atoms with Gasteiger partial charge in [0, 0.05) is 12.3 Å². The number of benzene rings is 1. The van der Waals surface area contributed by atoms with Gasteiger partial charge in [-0.3, -0.25) is 0 Å². The number of nitrogens with zero attached hydrogens (tertiary/aromatic N) is 1. The molecule has 106 valence electrons. The lowest BCUT2D eigenvalue weighted by atomic mass is 10.3. The number of nitrogen functional groups attached to an aromatic ring is 1. The average molecular weight is 285 g/mol. The largest absolute Gasteiger partial charge is 0.573 e. The molecule has 20 heavy (non-hydrogen) atoms. The number of halogens is 3. The van der Waals surface area contributed by atoms with Crippen molar-refractivity contribution in [2.75, 3.05) is 5.43 Å². The fourth-order valence-electron chi connectivity index (χ4n) is 1.42. The third kappa shape index (κ3) is 3.75. The summed E-state index contributed by atoms with van der Waals surface area (Å²) in [7, 11) is 0. The van der Waals surface area contributed by atoms with E-state index in [1.165, 1.54) is 36.5 Å². The Hall–Kier alpha value is -2.48. The molecule has 0 saturated heterocycles. The highest BCUT2D eigenvalue weighted by atomic mass is 19.4. The van der Waals surface area contributed by atoms with Crippen molar-refractivity contribution < 1.29 is 22.6 Å². The molecule has 0 bridgehead atoms. The molecule has 0 unspecified atom stereocenters. The molecule has 1 heterocycles. The van der Waals surface area contributed by atoms with Crippen LogP contribution in [0.5, 0.6) is 17.2 Å². The summed E-state index contributed by atoms with van der Waals surface area (Å²) in [6, 6.07) is 8.37. The first-order chi connectivity index (χ1) is 9.48. The van der Waals surface area contributed by atoms with E-state index in [4.69, 9.17) is 10.6 Å². The van der Waals surface area contributed by atoms with Gasteiger partial charge >= 0.3 is 6.36 Å². The Morgan fingerprint density at radius 1 is 1.10 bits per heavy atom. The van der Waals surface area contributed by atoms with E-state index >= 15 is 0 Å². The fraction of sp³-hybridized carbons (Fsp3) is 0.0833. The number of hydrogen-bond acceptors (Lipinski definition) is 5. The van der Waals surface area contributed by atoms with Crippen molar-refractivity contribution in [2.45, 2.75) is 6.36 Å². The molecule has 0 radical (unpaired) electrons. The zero-order valence-corrected chi connectivity index (χ0v) is 10.0. The van der Waals surface area contributed by atoms with E-state index in [2.05, 4.69) is 15.1 Å². The van der Waals surface area contributed by atoms with E-state index in [1.807, 2.05) is 0 Å². The first-order valence-corrected chi connectivity index (χ1v) is 5.43. The number of rotatable bonds is 4. The minimum Gasteiger partial charge on any atom is -0.453 e. The topological polar surface area (TPSA) is 69.4 Å². The number of nitrogens with two attached hydrogens (primary N) is 1. The van der Waals surface area contributed by atoms with E-state index < -0.39 is 12.1 Å². The highest BCUT2D eigenvalue weighted by molar-refractivity contribution is 5.45. The van der Waals surface area contributed by atoms with Gasteiger partial charge in [0.2, 0.25) is 0 Å². The summed E-state index contributed by atoms with van der Waals surface area (Å²) in [5.74, 6) is 5.27. The first-order valence-electron chi connectivity index (χ1n) is 5.43. The summed E-state index contributed by atoms with van der Waals surface area (Å²) < 4.78 is 46.0. The molecule has 1 aromatic carbocycles. The molecule has 0 spiro atoms. The maximum Gasteiger partial charge on any atom is 0.573 e. The number of hydrazine groups is 1. The molecule has 0 amide bonds. The Morgan fingerprint density at radius 3 is 2.45 bits per heavy atom. The third-order valence-corrected chi connectivity index (χ3v) is 2.18. The smallest absolute Gasteiger partial charge is 0.453 e. The lowest BCUT2D eigenvalue weighted by molar-refractivity contribution is -0.275. The summed E-state index contributed by atoms with van der Waals surface area (Å²) in [6.45, 7) is 0. The van der Waals surface area contributed by atoms with E-state index in [0.29, 0.717) is 5.82 Å². The molecule has 5 nitrogen and oxygen atoms in total. The molecule has 2 rings (SSSR count). The molecule has 1 aromatic heterocycles. The van der Waals surface area contributed by atoms with Crippen LogP contribution in [0.3, 0.4) is 0 Å². The van der Waals surface area contributed by atoms with Gasteiger partial charge in [0.25, 0.3) is 0 Å². The van der Waals surface area contributed by atoms with Crippen molar-refractivity contribution in [3.05, 3.63) is 42.6 Å². The highest BCUT2D eigenvalue weighted by Crippen LogP contribution is 2.35. The molecule has 0 atom stereocenters. The summed E-state index contributed by atoms with van der Waals surface area (Å²) in [5.41, 5.74) is 2.30. The molecule has 0 aliphatic rings. The number of hydrogen-bond donors (Lipinski definition) is 2. The number of para-hydroxylation sites is 2. The van der Waals surface area contributed by atoms with Crippen LogP contribution in [0.4, 0.5) is 19.0 Å². The average Bonchev–Trinajstić information content (AvgIpc) is 2.40. The molecular formula is C12H10F3N3O2. The van der Waals surface area contributed by atoms with Crippen LogP contribution in [0.1, 0.15) is 0 Å². The van der Waals surface area contributed by atoms with Gasteiger partial charge in [-0.25, -0.2) is 10.8 Å². The molecular weight excluding hydrogens is 275 g/mol. The number of anilines is 1. The van der Waals surface area contributed by atoms with Crippen LogP contribution in [-0.4, -0.2) is 11.3 Å². The predicted molar refractivity (Wildman–Crippen MR) is 65.2 cm³/mol. The maximum absolute atomic E-state index is 12.3. The van der Waals surface area contributed by atoms with Gasteiger partial charge in [0.05, 0.1) is 0 Å². The standard InChI is InChI=1S/C12H10F3N3O2/c13-12(14,15)20-10-4-2-1-3-9(10)19-8-5-6-17-11(7-8)18-16/h1-7H,16H2,(H,17,18). The zero-order valence-electron chi connectivity index (χ0n) is 10.0. The molecule has 3 N–H and O–H groups in total. The summed E-state index contributed by atoms with van der Waals surface area (Å²) in [4.78, 5) is 3.85. The van der Waals surface area contributed by atoms with Crippen LogP contribution in [0, 0.1) is 0 Å². The zero-order chi connectivity index (χ0) is 14.6. The molecule has 0 aliphatic heterocycles. The normalized spacial score (nSPS) is 11.0. The molecule has 0 aliphatic carbocycles. The Balaban J connectivity index is 2.24. The summed E-state index contributed by atoms with van der Waals surface area (Å²) in [5, 5.41) is 0. The molecule has 0 fully saturated rings. The Kier molecular flexibility index (Phi) is 3.94. The van der Waals surface area contributed by atoms with Gasteiger partial charge in [0.1, 0.15) is 11.6 Å². The van der Waals surface area contributed by atoms with E-state index in [-0.39, 0.29) is 11.5 Å². The number of alkyl halides is 3. The Labute approximate surface area is 112 Å². The van der Waals surface area contributed by atoms with Gasteiger partial charge < -0.3 is 14.9 Å². The van der Waals surface area contributed by atoms with Crippen molar-refractivity contribution >= 4 is 5.82 Å². The van der Waals surface area contributed by atoms with Crippen molar-refractivity contribution in [3.63, 3.8) is 0 Å². The second kappa shape index (κ2) is 5.66. The summed E-state index contributed by atoms with van der Waals surface area (Å²) in [6.07, 6.45) is -3.39. The van der Waals surface area contributed by atoms with Crippen LogP contribution in [0.2, 0.25) is 0 Å². The van der Waals surface area contributed by atoms with Gasteiger partial charge in [-0.05, 0) is 18.2 Å². The van der Waals surface area contributed by atoms with Gasteiger partial charge in [-0.1, -0.05) is 12.1 Å². The van der Waals surface area contributed by atoms with E-state index in [0.717, 1.165) is 6.07 Å². The van der Waals surface area contributed by atoms with Gasteiger partial charge in [-0.15, -0.1) is 13.2 Å². The van der Waals surface area contributed by atoms with Crippen molar-refractivity contribution in [1.29, 1.82) is 0 Å². The third-order valence-electron chi connectivity index (χ3n) is 2.18. The second-order valence-electron chi connectivity index (χ2n) is 3.62. The first kappa shape index (κ1) is 13.9. The Morgan fingerprint density at radius 2 is 1.80 bits per heavy atom. The second-order valence-corrected chi connectivity index (χ2v) is 3.62. The molecule has 0 saturated carbocycles. The lowest BCUT2D eigenvalue weighted by Crippen LogP contribution is -2.17. The van der Waals surface area contributed by atoms with Crippen LogP contribution >= 0.6 is 0 Å². The lowest BCUT2D eigenvalue weighted by Gasteiger charge is -2.13. The molecule has 2 aromatic rings. The summed E-state index contributed by atoms with van der Waals surface area (Å²) >= 11 is 0. The van der Waals surface area contributed by atoms with Crippen molar-refractivity contribution in [1.82, 2.24) is 4.98 Å². The highest BCUT2D eigenvalue weighted by Gasteiger charge is 2.32.